The van der Waals surface area contributed by atoms with Crippen molar-refractivity contribution in [3.05, 3.63) is 48.5 Å². The van der Waals surface area contributed by atoms with Gasteiger partial charge in [-0.05, 0) is 37.1 Å². The lowest BCUT2D eigenvalue weighted by Crippen LogP contribution is -2.34. The number of likely N-dealkylation sites (tertiary alicyclic amines) is 1. The third-order valence-corrected chi connectivity index (χ3v) is 6.44. The second kappa shape index (κ2) is 10.6. The summed E-state index contributed by atoms with van der Waals surface area (Å²) in [6.07, 6.45) is 4.62. The van der Waals surface area contributed by atoms with Crippen molar-refractivity contribution in [1.29, 1.82) is 0 Å². The molecule has 1 saturated heterocycles. The maximum absolute atomic E-state index is 13.0. The standard InChI is InChI=1S/C24H29N3O3S/c1-29-19-9-8-10-20(17-19)30-15-16-31-24-25-21-11-4-5-12-22(21)27(24)18-23(28)26-13-6-2-3-7-14-26/h4-5,8-12,17H,2-3,6-7,13-16,18H2,1H3. The Morgan fingerprint density at radius 3 is 2.61 bits per heavy atom. The summed E-state index contributed by atoms with van der Waals surface area (Å²) in [5, 5.41) is 0.860. The molecule has 164 valence electrons. The minimum absolute atomic E-state index is 0.180. The summed E-state index contributed by atoms with van der Waals surface area (Å²) in [4.78, 5) is 19.8. The Morgan fingerprint density at radius 1 is 1.03 bits per heavy atom. The van der Waals surface area contributed by atoms with Crippen LogP contribution in [0.1, 0.15) is 25.7 Å². The number of thioether (sulfide) groups is 1. The van der Waals surface area contributed by atoms with Crippen molar-refractivity contribution in [2.24, 2.45) is 0 Å². The highest BCUT2D eigenvalue weighted by Gasteiger charge is 2.19. The quantitative estimate of drug-likeness (QED) is 0.379. The van der Waals surface area contributed by atoms with Gasteiger partial charge in [0, 0.05) is 24.9 Å². The Hall–Kier alpha value is -2.67. The summed E-state index contributed by atoms with van der Waals surface area (Å²) in [6, 6.07) is 15.6. The van der Waals surface area contributed by atoms with Crippen LogP contribution in [0, 0.1) is 0 Å². The van der Waals surface area contributed by atoms with Crippen LogP contribution < -0.4 is 9.47 Å². The number of carbonyl (C=O) groups is 1. The van der Waals surface area contributed by atoms with E-state index in [-0.39, 0.29) is 5.91 Å². The van der Waals surface area contributed by atoms with Gasteiger partial charge in [0.15, 0.2) is 5.16 Å². The molecule has 0 atom stereocenters. The molecular formula is C24H29N3O3S. The molecule has 7 heteroatoms. The van der Waals surface area contributed by atoms with E-state index in [2.05, 4.69) is 4.57 Å². The fourth-order valence-corrected chi connectivity index (χ4v) is 4.69. The van der Waals surface area contributed by atoms with E-state index in [0.29, 0.717) is 13.2 Å². The van der Waals surface area contributed by atoms with Gasteiger partial charge in [-0.15, -0.1) is 0 Å². The van der Waals surface area contributed by atoms with Gasteiger partial charge in [-0.2, -0.15) is 0 Å². The topological polar surface area (TPSA) is 56.6 Å². The Morgan fingerprint density at radius 2 is 1.81 bits per heavy atom. The highest BCUT2D eigenvalue weighted by atomic mass is 32.2. The third kappa shape index (κ3) is 5.53. The molecule has 0 unspecified atom stereocenters. The predicted molar refractivity (Wildman–Crippen MR) is 124 cm³/mol. The Kier molecular flexibility index (Phi) is 7.35. The average Bonchev–Trinajstić information content (AvgIpc) is 2.96. The first-order valence-electron chi connectivity index (χ1n) is 10.9. The van der Waals surface area contributed by atoms with E-state index in [1.165, 1.54) is 12.8 Å². The van der Waals surface area contributed by atoms with E-state index in [1.807, 2.05) is 53.4 Å². The number of methoxy groups -OCH3 is 1. The van der Waals surface area contributed by atoms with Gasteiger partial charge in [-0.25, -0.2) is 4.98 Å². The molecule has 1 aromatic heterocycles. The average molecular weight is 440 g/mol. The Balaban J connectivity index is 1.42. The zero-order valence-electron chi connectivity index (χ0n) is 18.0. The molecule has 0 spiro atoms. The molecule has 2 aromatic carbocycles. The van der Waals surface area contributed by atoms with Gasteiger partial charge in [-0.3, -0.25) is 4.79 Å². The fourth-order valence-electron chi connectivity index (χ4n) is 3.86. The number of para-hydroxylation sites is 2. The van der Waals surface area contributed by atoms with Gasteiger partial charge in [0.2, 0.25) is 5.91 Å². The lowest BCUT2D eigenvalue weighted by molar-refractivity contribution is -0.131. The van der Waals surface area contributed by atoms with Crippen molar-refractivity contribution in [2.75, 3.05) is 32.6 Å². The number of hydrogen-bond acceptors (Lipinski definition) is 5. The minimum Gasteiger partial charge on any atom is -0.497 e. The number of amides is 1. The van der Waals surface area contributed by atoms with Crippen molar-refractivity contribution < 1.29 is 14.3 Å². The van der Waals surface area contributed by atoms with Crippen molar-refractivity contribution >= 4 is 28.7 Å². The van der Waals surface area contributed by atoms with Gasteiger partial charge in [0.1, 0.15) is 18.0 Å². The molecule has 1 amide bonds. The van der Waals surface area contributed by atoms with Crippen molar-refractivity contribution in [1.82, 2.24) is 14.5 Å². The predicted octanol–water partition coefficient (Wildman–Crippen LogP) is 4.62. The van der Waals surface area contributed by atoms with Crippen molar-refractivity contribution in [3.63, 3.8) is 0 Å². The summed E-state index contributed by atoms with van der Waals surface area (Å²) in [7, 11) is 1.65. The van der Waals surface area contributed by atoms with Crippen molar-refractivity contribution in [2.45, 2.75) is 37.4 Å². The molecule has 0 bridgehead atoms. The zero-order chi connectivity index (χ0) is 21.5. The van der Waals surface area contributed by atoms with E-state index in [1.54, 1.807) is 18.9 Å². The lowest BCUT2D eigenvalue weighted by Gasteiger charge is -2.21. The number of benzene rings is 2. The second-order valence-electron chi connectivity index (χ2n) is 7.64. The molecule has 1 fully saturated rings. The number of imidazole rings is 1. The molecule has 0 radical (unpaired) electrons. The lowest BCUT2D eigenvalue weighted by atomic mass is 10.2. The van der Waals surface area contributed by atoms with Crippen molar-refractivity contribution in [3.8, 4) is 11.5 Å². The van der Waals surface area contributed by atoms with Crippen LogP contribution in [0.4, 0.5) is 0 Å². The maximum Gasteiger partial charge on any atom is 0.242 e. The molecule has 1 aliphatic rings. The molecule has 0 saturated carbocycles. The monoisotopic (exact) mass is 439 g/mol. The number of carbonyl (C=O) groups excluding carboxylic acids is 1. The summed E-state index contributed by atoms with van der Waals surface area (Å²) in [6.45, 7) is 2.60. The molecule has 3 aromatic rings. The maximum atomic E-state index is 13.0. The van der Waals surface area contributed by atoms with Gasteiger partial charge in [0.05, 0.1) is 24.8 Å². The second-order valence-corrected chi connectivity index (χ2v) is 8.70. The molecule has 0 N–H and O–H groups in total. The summed E-state index contributed by atoms with van der Waals surface area (Å²) < 4.78 is 13.2. The molecule has 6 nitrogen and oxygen atoms in total. The van der Waals surface area contributed by atoms with Crippen LogP contribution in [0.15, 0.2) is 53.7 Å². The molecule has 4 rings (SSSR count). The van der Waals surface area contributed by atoms with E-state index in [4.69, 9.17) is 14.5 Å². The number of nitrogens with zero attached hydrogens (tertiary/aromatic N) is 3. The number of rotatable bonds is 8. The minimum atomic E-state index is 0.180. The smallest absolute Gasteiger partial charge is 0.242 e. The van der Waals surface area contributed by atoms with Crippen LogP contribution >= 0.6 is 11.8 Å². The van der Waals surface area contributed by atoms with Gasteiger partial charge < -0.3 is 18.9 Å². The van der Waals surface area contributed by atoms with Crippen LogP contribution in [0.5, 0.6) is 11.5 Å². The summed E-state index contributed by atoms with van der Waals surface area (Å²) in [5.74, 6) is 2.47. The van der Waals surface area contributed by atoms with Crippen LogP contribution in [0.2, 0.25) is 0 Å². The first kappa shape index (κ1) is 21.6. The first-order chi connectivity index (χ1) is 15.2. The number of fused-ring (bicyclic) bond motifs is 1. The van der Waals surface area contributed by atoms with E-state index >= 15 is 0 Å². The molecule has 1 aliphatic heterocycles. The normalized spacial score (nSPS) is 14.4. The van der Waals surface area contributed by atoms with Gasteiger partial charge in [-0.1, -0.05) is 42.8 Å². The molecular weight excluding hydrogens is 410 g/mol. The van der Waals surface area contributed by atoms with E-state index in [9.17, 15) is 4.79 Å². The number of aromatic nitrogens is 2. The third-order valence-electron chi connectivity index (χ3n) is 5.50. The summed E-state index contributed by atoms with van der Waals surface area (Å²) >= 11 is 1.62. The zero-order valence-corrected chi connectivity index (χ0v) is 18.8. The summed E-state index contributed by atoms with van der Waals surface area (Å²) in [5.41, 5.74) is 1.92. The Bertz CT molecular complexity index is 1010. The highest BCUT2D eigenvalue weighted by Crippen LogP contribution is 2.25. The van der Waals surface area contributed by atoms with Crippen LogP contribution in [-0.4, -0.2) is 52.9 Å². The van der Waals surface area contributed by atoms with Crippen LogP contribution in [0.25, 0.3) is 11.0 Å². The molecule has 31 heavy (non-hydrogen) atoms. The van der Waals surface area contributed by atoms with E-state index in [0.717, 1.165) is 59.4 Å². The SMILES string of the molecule is COc1cccc(OCCSc2nc3ccccc3n2CC(=O)N2CCCCCC2)c1. The molecule has 2 heterocycles. The van der Waals surface area contributed by atoms with Gasteiger partial charge >= 0.3 is 0 Å². The highest BCUT2D eigenvalue weighted by molar-refractivity contribution is 7.99. The Labute approximate surface area is 187 Å². The first-order valence-corrected chi connectivity index (χ1v) is 11.9. The fraction of sp³-hybridized carbons (Fsp3) is 0.417. The van der Waals surface area contributed by atoms with Crippen LogP contribution in [-0.2, 0) is 11.3 Å². The van der Waals surface area contributed by atoms with Crippen LogP contribution in [0.3, 0.4) is 0 Å². The number of hydrogen-bond donors (Lipinski definition) is 0. The van der Waals surface area contributed by atoms with E-state index < -0.39 is 0 Å². The van der Waals surface area contributed by atoms with Gasteiger partial charge in [0.25, 0.3) is 0 Å². The largest absolute Gasteiger partial charge is 0.497 e. The molecule has 0 aliphatic carbocycles. The number of ether oxygens (including phenoxy) is 2.